The number of nitrogens with zero attached hydrogens (tertiary/aromatic N) is 2. The van der Waals surface area contributed by atoms with Gasteiger partial charge in [0.05, 0.1) is 24.0 Å². The van der Waals surface area contributed by atoms with E-state index in [0.29, 0.717) is 18.0 Å². The van der Waals surface area contributed by atoms with Crippen LogP contribution in [-0.4, -0.2) is 4.98 Å². The van der Waals surface area contributed by atoms with Gasteiger partial charge in [-0.05, 0) is 25.1 Å². The number of nitrogens with one attached hydrogen (secondary N) is 1. The molecule has 17 heavy (non-hydrogen) atoms. The van der Waals surface area contributed by atoms with E-state index in [1.54, 1.807) is 12.3 Å². The van der Waals surface area contributed by atoms with Gasteiger partial charge in [0.1, 0.15) is 11.8 Å². The van der Waals surface area contributed by atoms with Gasteiger partial charge in [-0.2, -0.15) is 5.26 Å². The maximum absolute atomic E-state index is 8.99. The molecular formula is C12H10BrN3O. The molecule has 0 aliphatic rings. The van der Waals surface area contributed by atoms with E-state index in [2.05, 4.69) is 32.3 Å². The standard InChI is InChI=1S/C12H10BrN3O/c1-8-6-16-12(17-8)7-15-11-3-2-10(13)4-9(11)5-14/h2-4,6,15H,7H2,1H3. The Morgan fingerprint density at radius 2 is 2.35 bits per heavy atom. The van der Waals surface area contributed by atoms with Crippen molar-refractivity contribution in [2.75, 3.05) is 5.32 Å². The molecule has 0 aliphatic carbocycles. The van der Waals surface area contributed by atoms with Crippen LogP contribution in [-0.2, 0) is 6.54 Å². The zero-order chi connectivity index (χ0) is 12.3. The Balaban J connectivity index is 2.12. The molecule has 0 unspecified atom stereocenters. The van der Waals surface area contributed by atoms with E-state index in [0.717, 1.165) is 15.9 Å². The molecule has 0 spiro atoms. The van der Waals surface area contributed by atoms with Gasteiger partial charge in [-0.3, -0.25) is 0 Å². The number of halogens is 1. The molecular weight excluding hydrogens is 282 g/mol. The number of hydrogen-bond acceptors (Lipinski definition) is 4. The monoisotopic (exact) mass is 291 g/mol. The quantitative estimate of drug-likeness (QED) is 0.943. The summed E-state index contributed by atoms with van der Waals surface area (Å²) in [4.78, 5) is 4.08. The van der Waals surface area contributed by atoms with Crippen molar-refractivity contribution in [3.8, 4) is 6.07 Å². The van der Waals surface area contributed by atoms with Gasteiger partial charge in [0.25, 0.3) is 0 Å². The van der Waals surface area contributed by atoms with Crippen LogP contribution in [0.15, 0.2) is 33.3 Å². The van der Waals surface area contributed by atoms with Crippen LogP contribution in [0.5, 0.6) is 0 Å². The van der Waals surface area contributed by atoms with E-state index >= 15 is 0 Å². The van der Waals surface area contributed by atoms with Gasteiger partial charge >= 0.3 is 0 Å². The minimum absolute atomic E-state index is 0.462. The maximum atomic E-state index is 8.99. The molecule has 0 saturated carbocycles. The maximum Gasteiger partial charge on any atom is 0.213 e. The number of aryl methyl sites for hydroxylation is 1. The van der Waals surface area contributed by atoms with E-state index in [-0.39, 0.29) is 0 Å². The molecule has 1 aromatic carbocycles. The third-order valence-corrected chi connectivity index (χ3v) is 2.69. The Hall–Kier alpha value is -1.80. The fourth-order valence-corrected chi connectivity index (χ4v) is 1.78. The molecule has 4 nitrogen and oxygen atoms in total. The van der Waals surface area contributed by atoms with Crippen LogP contribution in [0.25, 0.3) is 0 Å². The van der Waals surface area contributed by atoms with Crippen LogP contribution in [0.3, 0.4) is 0 Å². The molecule has 5 heteroatoms. The zero-order valence-corrected chi connectivity index (χ0v) is 10.8. The highest BCUT2D eigenvalue weighted by Crippen LogP contribution is 2.20. The summed E-state index contributed by atoms with van der Waals surface area (Å²) in [5.41, 5.74) is 1.36. The Bertz CT molecular complexity index is 571. The van der Waals surface area contributed by atoms with E-state index in [1.807, 2.05) is 19.1 Å². The van der Waals surface area contributed by atoms with Gasteiger partial charge in [-0.25, -0.2) is 4.98 Å². The summed E-state index contributed by atoms with van der Waals surface area (Å²) in [6.07, 6.45) is 1.67. The third kappa shape index (κ3) is 2.86. The van der Waals surface area contributed by atoms with Crippen LogP contribution in [0.1, 0.15) is 17.2 Å². The lowest BCUT2D eigenvalue weighted by molar-refractivity contribution is 0.479. The summed E-state index contributed by atoms with van der Waals surface area (Å²) >= 11 is 3.33. The summed E-state index contributed by atoms with van der Waals surface area (Å²) in [5.74, 6) is 1.38. The molecule has 0 atom stereocenters. The summed E-state index contributed by atoms with van der Waals surface area (Å²) in [7, 11) is 0. The summed E-state index contributed by atoms with van der Waals surface area (Å²) in [5, 5.41) is 12.1. The van der Waals surface area contributed by atoms with Gasteiger partial charge in [0, 0.05) is 4.47 Å². The van der Waals surface area contributed by atoms with Crippen molar-refractivity contribution < 1.29 is 4.42 Å². The molecule has 0 bridgehead atoms. The van der Waals surface area contributed by atoms with Crippen molar-refractivity contribution in [2.24, 2.45) is 0 Å². The first-order valence-corrected chi connectivity index (χ1v) is 5.83. The van der Waals surface area contributed by atoms with Crippen molar-refractivity contribution >= 4 is 21.6 Å². The molecule has 2 aromatic rings. The normalized spacial score (nSPS) is 9.94. The molecule has 1 N–H and O–H groups in total. The van der Waals surface area contributed by atoms with E-state index in [9.17, 15) is 0 Å². The van der Waals surface area contributed by atoms with Crippen LogP contribution in [0.2, 0.25) is 0 Å². The molecule has 0 fully saturated rings. The van der Waals surface area contributed by atoms with Gasteiger partial charge < -0.3 is 9.73 Å². The van der Waals surface area contributed by atoms with E-state index < -0.39 is 0 Å². The van der Waals surface area contributed by atoms with Crippen molar-refractivity contribution in [3.05, 3.63) is 46.1 Å². The lowest BCUT2D eigenvalue weighted by Crippen LogP contribution is -2.01. The van der Waals surface area contributed by atoms with Crippen molar-refractivity contribution in [1.82, 2.24) is 4.98 Å². The third-order valence-electron chi connectivity index (χ3n) is 2.20. The van der Waals surface area contributed by atoms with Crippen LogP contribution in [0, 0.1) is 18.3 Å². The van der Waals surface area contributed by atoms with Gasteiger partial charge in [-0.1, -0.05) is 15.9 Å². The molecule has 1 heterocycles. The first kappa shape index (κ1) is 11.7. The Kier molecular flexibility index (Phi) is 3.45. The van der Waals surface area contributed by atoms with Crippen molar-refractivity contribution in [1.29, 1.82) is 5.26 Å². The second kappa shape index (κ2) is 5.02. The molecule has 0 radical (unpaired) electrons. The Morgan fingerprint density at radius 3 is 3.00 bits per heavy atom. The fourth-order valence-electron chi connectivity index (χ4n) is 1.42. The fraction of sp³-hybridized carbons (Fsp3) is 0.167. The Morgan fingerprint density at radius 1 is 1.53 bits per heavy atom. The number of nitriles is 1. The average Bonchev–Trinajstić information content (AvgIpc) is 2.73. The van der Waals surface area contributed by atoms with E-state index in [1.165, 1.54) is 0 Å². The Labute approximate surface area is 107 Å². The minimum Gasteiger partial charge on any atom is -0.444 e. The van der Waals surface area contributed by atoms with Crippen LogP contribution in [0.4, 0.5) is 5.69 Å². The number of oxazole rings is 1. The molecule has 2 rings (SSSR count). The topological polar surface area (TPSA) is 61.9 Å². The molecule has 1 aromatic heterocycles. The largest absolute Gasteiger partial charge is 0.444 e. The average molecular weight is 292 g/mol. The smallest absolute Gasteiger partial charge is 0.213 e. The highest BCUT2D eigenvalue weighted by Gasteiger charge is 2.04. The predicted molar refractivity (Wildman–Crippen MR) is 67.4 cm³/mol. The lowest BCUT2D eigenvalue weighted by atomic mass is 10.2. The van der Waals surface area contributed by atoms with E-state index in [4.69, 9.17) is 9.68 Å². The van der Waals surface area contributed by atoms with Gasteiger partial charge in [-0.15, -0.1) is 0 Å². The number of benzene rings is 1. The van der Waals surface area contributed by atoms with Crippen LogP contribution < -0.4 is 5.32 Å². The molecule has 0 amide bonds. The highest BCUT2D eigenvalue weighted by atomic mass is 79.9. The summed E-state index contributed by atoms with van der Waals surface area (Å²) < 4.78 is 6.22. The number of aromatic nitrogens is 1. The lowest BCUT2D eigenvalue weighted by Gasteiger charge is -2.06. The molecule has 0 saturated heterocycles. The van der Waals surface area contributed by atoms with Crippen molar-refractivity contribution in [2.45, 2.75) is 13.5 Å². The number of hydrogen-bond donors (Lipinski definition) is 1. The van der Waals surface area contributed by atoms with Gasteiger partial charge in [0.15, 0.2) is 0 Å². The van der Waals surface area contributed by atoms with Gasteiger partial charge in [0.2, 0.25) is 5.89 Å². The zero-order valence-electron chi connectivity index (χ0n) is 9.20. The highest BCUT2D eigenvalue weighted by molar-refractivity contribution is 9.10. The van der Waals surface area contributed by atoms with Crippen molar-refractivity contribution in [3.63, 3.8) is 0 Å². The second-order valence-corrected chi connectivity index (χ2v) is 4.44. The van der Waals surface area contributed by atoms with Crippen LogP contribution >= 0.6 is 15.9 Å². The first-order valence-electron chi connectivity index (χ1n) is 5.04. The summed E-state index contributed by atoms with van der Waals surface area (Å²) in [6, 6.07) is 7.63. The number of anilines is 1. The molecule has 86 valence electrons. The summed E-state index contributed by atoms with van der Waals surface area (Å²) in [6.45, 7) is 2.31. The first-order chi connectivity index (χ1) is 8.19. The predicted octanol–water partition coefficient (Wildman–Crippen LogP) is 3.23. The second-order valence-electron chi connectivity index (χ2n) is 3.52. The molecule has 0 aliphatic heterocycles. The number of rotatable bonds is 3. The minimum atomic E-state index is 0.462. The SMILES string of the molecule is Cc1cnc(CNc2ccc(Br)cc2C#N)o1.